The van der Waals surface area contributed by atoms with Crippen LogP contribution in [0.4, 0.5) is 10.5 Å². The predicted octanol–water partition coefficient (Wildman–Crippen LogP) is 2.75. The Kier molecular flexibility index (Phi) is 3.99. The van der Waals surface area contributed by atoms with E-state index in [4.69, 9.17) is 9.47 Å². The Morgan fingerprint density at radius 1 is 1.20 bits per heavy atom. The first kappa shape index (κ1) is 15.8. The van der Waals surface area contributed by atoms with Gasteiger partial charge in [0.1, 0.15) is 13.2 Å². The van der Waals surface area contributed by atoms with Gasteiger partial charge in [-0.05, 0) is 38.5 Å². The maximum atomic E-state index is 12.6. The molecular formula is C18H22N4O3. The van der Waals surface area contributed by atoms with Crippen LogP contribution in [0.5, 0.6) is 11.5 Å². The highest BCUT2D eigenvalue weighted by Gasteiger charge is 2.29. The van der Waals surface area contributed by atoms with Gasteiger partial charge in [-0.1, -0.05) is 0 Å². The summed E-state index contributed by atoms with van der Waals surface area (Å²) >= 11 is 0. The van der Waals surface area contributed by atoms with Crippen molar-refractivity contribution in [1.29, 1.82) is 0 Å². The predicted molar refractivity (Wildman–Crippen MR) is 93.4 cm³/mol. The lowest BCUT2D eigenvalue weighted by atomic mass is 10.2. The number of rotatable bonds is 2. The highest BCUT2D eigenvalue weighted by atomic mass is 16.6. The SMILES string of the molecule is Cc1cc(C)n([C@@H]2CCN(C(=O)Nc3ccc4c(c3)OCCO4)C2)n1. The molecule has 0 bridgehead atoms. The molecule has 2 aliphatic heterocycles. The van der Waals surface area contributed by atoms with Gasteiger partial charge >= 0.3 is 6.03 Å². The number of nitrogens with zero attached hydrogens (tertiary/aromatic N) is 3. The van der Waals surface area contributed by atoms with Gasteiger partial charge in [0.2, 0.25) is 0 Å². The van der Waals surface area contributed by atoms with E-state index < -0.39 is 0 Å². The lowest BCUT2D eigenvalue weighted by Crippen LogP contribution is -2.33. The van der Waals surface area contributed by atoms with E-state index in [1.807, 2.05) is 28.6 Å². The lowest BCUT2D eigenvalue weighted by molar-refractivity contribution is 0.171. The number of benzene rings is 1. The number of hydrogen-bond acceptors (Lipinski definition) is 4. The summed E-state index contributed by atoms with van der Waals surface area (Å²) in [6.07, 6.45) is 0.913. The Bertz CT molecular complexity index is 802. The van der Waals surface area contributed by atoms with Crippen LogP contribution in [0.3, 0.4) is 0 Å². The molecule has 4 rings (SSSR count). The van der Waals surface area contributed by atoms with Gasteiger partial charge in [0.05, 0.1) is 11.7 Å². The molecule has 2 aromatic rings. The number of hydrogen-bond donors (Lipinski definition) is 1. The number of aryl methyl sites for hydroxylation is 2. The van der Waals surface area contributed by atoms with E-state index in [2.05, 4.69) is 23.4 Å². The van der Waals surface area contributed by atoms with E-state index in [9.17, 15) is 4.79 Å². The van der Waals surface area contributed by atoms with Crippen molar-refractivity contribution in [2.75, 3.05) is 31.6 Å². The Balaban J connectivity index is 1.41. The van der Waals surface area contributed by atoms with E-state index in [-0.39, 0.29) is 12.1 Å². The van der Waals surface area contributed by atoms with Crippen LogP contribution >= 0.6 is 0 Å². The third kappa shape index (κ3) is 3.14. The zero-order valence-corrected chi connectivity index (χ0v) is 14.5. The highest BCUT2D eigenvalue weighted by molar-refractivity contribution is 5.90. The molecule has 7 nitrogen and oxygen atoms in total. The Labute approximate surface area is 146 Å². The molecule has 2 amide bonds. The summed E-state index contributed by atoms with van der Waals surface area (Å²) in [7, 11) is 0. The van der Waals surface area contributed by atoms with Crippen LogP contribution in [-0.2, 0) is 0 Å². The highest BCUT2D eigenvalue weighted by Crippen LogP contribution is 2.33. The molecular weight excluding hydrogens is 320 g/mol. The fraction of sp³-hybridized carbons (Fsp3) is 0.444. The zero-order valence-electron chi connectivity index (χ0n) is 14.5. The number of ether oxygens (including phenoxy) is 2. The summed E-state index contributed by atoms with van der Waals surface area (Å²) in [6, 6.07) is 7.67. The van der Waals surface area contributed by atoms with Gasteiger partial charge in [0, 0.05) is 30.5 Å². The minimum atomic E-state index is -0.0966. The molecule has 1 aromatic heterocycles. The van der Waals surface area contributed by atoms with Gasteiger partial charge in [-0.2, -0.15) is 5.10 Å². The molecule has 25 heavy (non-hydrogen) atoms. The van der Waals surface area contributed by atoms with Crippen molar-refractivity contribution in [3.63, 3.8) is 0 Å². The number of likely N-dealkylation sites (tertiary alicyclic amines) is 1. The molecule has 1 saturated heterocycles. The molecule has 0 aliphatic carbocycles. The third-order valence-electron chi connectivity index (χ3n) is 4.63. The number of urea groups is 1. The van der Waals surface area contributed by atoms with E-state index >= 15 is 0 Å². The number of fused-ring (bicyclic) bond motifs is 1. The zero-order chi connectivity index (χ0) is 17.4. The van der Waals surface area contributed by atoms with Crippen LogP contribution in [0.1, 0.15) is 23.9 Å². The van der Waals surface area contributed by atoms with Crippen LogP contribution in [0.2, 0.25) is 0 Å². The molecule has 1 N–H and O–H groups in total. The molecule has 7 heteroatoms. The first-order valence-electron chi connectivity index (χ1n) is 8.58. The van der Waals surface area contributed by atoms with Gasteiger partial charge in [-0.3, -0.25) is 4.68 Å². The van der Waals surface area contributed by atoms with Crippen molar-refractivity contribution >= 4 is 11.7 Å². The fourth-order valence-electron chi connectivity index (χ4n) is 3.47. The van der Waals surface area contributed by atoms with Gasteiger partial charge in [-0.25, -0.2) is 4.79 Å². The van der Waals surface area contributed by atoms with Crippen molar-refractivity contribution in [3.05, 3.63) is 35.7 Å². The van der Waals surface area contributed by atoms with Crippen molar-refractivity contribution in [1.82, 2.24) is 14.7 Å². The number of carbonyl (C=O) groups is 1. The Morgan fingerprint density at radius 2 is 2.00 bits per heavy atom. The third-order valence-corrected chi connectivity index (χ3v) is 4.63. The van der Waals surface area contributed by atoms with Gasteiger partial charge in [-0.15, -0.1) is 0 Å². The molecule has 0 saturated carbocycles. The number of aromatic nitrogens is 2. The van der Waals surface area contributed by atoms with E-state index in [0.29, 0.717) is 31.2 Å². The second kappa shape index (κ2) is 6.31. The number of amides is 2. The van der Waals surface area contributed by atoms with Crippen LogP contribution < -0.4 is 14.8 Å². The molecule has 132 valence electrons. The van der Waals surface area contributed by atoms with Crippen LogP contribution in [-0.4, -0.2) is 47.0 Å². The van der Waals surface area contributed by atoms with E-state index in [1.165, 1.54) is 0 Å². The van der Waals surface area contributed by atoms with E-state index in [0.717, 1.165) is 30.1 Å². The monoisotopic (exact) mass is 342 g/mol. The van der Waals surface area contributed by atoms with Gasteiger partial charge < -0.3 is 19.7 Å². The van der Waals surface area contributed by atoms with Crippen LogP contribution in [0, 0.1) is 13.8 Å². The molecule has 0 unspecified atom stereocenters. The second-order valence-corrected chi connectivity index (χ2v) is 6.55. The summed E-state index contributed by atoms with van der Waals surface area (Å²) in [4.78, 5) is 14.4. The largest absolute Gasteiger partial charge is 0.486 e. The van der Waals surface area contributed by atoms with Crippen LogP contribution in [0.25, 0.3) is 0 Å². The topological polar surface area (TPSA) is 68.6 Å². The first-order valence-corrected chi connectivity index (χ1v) is 8.58. The van der Waals surface area contributed by atoms with Gasteiger partial charge in [0.25, 0.3) is 0 Å². The average Bonchev–Trinajstić information content (AvgIpc) is 3.21. The fourth-order valence-corrected chi connectivity index (χ4v) is 3.47. The number of anilines is 1. The van der Waals surface area contributed by atoms with Crippen molar-refractivity contribution in [3.8, 4) is 11.5 Å². The maximum absolute atomic E-state index is 12.6. The Hall–Kier alpha value is -2.70. The normalized spacial score (nSPS) is 19.1. The summed E-state index contributed by atoms with van der Waals surface area (Å²) in [5, 5.41) is 7.49. The van der Waals surface area contributed by atoms with Crippen molar-refractivity contribution in [2.24, 2.45) is 0 Å². The summed E-state index contributed by atoms with van der Waals surface area (Å²) < 4.78 is 13.1. The molecule has 1 fully saturated rings. The molecule has 1 aromatic carbocycles. The quantitative estimate of drug-likeness (QED) is 0.911. The minimum absolute atomic E-state index is 0.0966. The standard InChI is InChI=1S/C18H22N4O3/c1-12-9-13(2)22(20-12)15-5-6-21(11-15)18(23)19-14-3-4-16-17(10-14)25-8-7-24-16/h3-4,9-10,15H,5-8,11H2,1-2H3,(H,19,23)/t15-/m1/s1. The molecule has 0 radical (unpaired) electrons. The first-order chi connectivity index (χ1) is 12.1. The summed E-state index contributed by atoms with van der Waals surface area (Å²) in [5.41, 5.74) is 2.86. The van der Waals surface area contributed by atoms with Crippen LogP contribution in [0.15, 0.2) is 24.3 Å². The number of carbonyl (C=O) groups excluding carboxylic acids is 1. The number of nitrogens with one attached hydrogen (secondary N) is 1. The molecule has 0 spiro atoms. The molecule has 3 heterocycles. The van der Waals surface area contributed by atoms with Gasteiger partial charge in [0.15, 0.2) is 11.5 Å². The maximum Gasteiger partial charge on any atom is 0.321 e. The lowest BCUT2D eigenvalue weighted by Gasteiger charge is -2.21. The average molecular weight is 342 g/mol. The van der Waals surface area contributed by atoms with Crippen molar-refractivity contribution < 1.29 is 14.3 Å². The molecule has 1 atom stereocenters. The van der Waals surface area contributed by atoms with Crippen molar-refractivity contribution in [2.45, 2.75) is 26.3 Å². The smallest absolute Gasteiger partial charge is 0.321 e. The Morgan fingerprint density at radius 3 is 2.76 bits per heavy atom. The summed E-state index contributed by atoms with van der Waals surface area (Å²) in [6.45, 7) is 6.52. The van der Waals surface area contributed by atoms with E-state index in [1.54, 1.807) is 6.07 Å². The summed E-state index contributed by atoms with van der Waals surface area (Å²) in [5.74, 6) is 1.39. The second-order valence-electron chi connectivity index (χ2n) is 6.55. The minimum Gasteiger partial charge on any atom is -0.486 e. The molecule has 2 aliphatic rings.